The van der Waals surface area contributed by atoms with Crippen LogP contribution < -0.4 is 4.74 Å². The molecule has 0 saturated carbocycles. The highest BCUT2D eigenvalue weighted by molar-refractivity contribution is 5.79. The predicted molar refractivity (Wildman–Crippen MR) is 101 cm³/mol. The Morgan fingerprint density at radius 1 is 1.07 bits per heavy atom. The van der Waals surface area contributed by atoms with E-state index in [1.807, 2.05) is 28.9 Å². The molecule has 0 amide bonds. The maximum atomic E-state index is 6.03. The highest BCUT2D eigenvalue weighted by Crippen LogP contribution is 2.20. The summed E-state index contributed by atoms with van der Waals surface area (Å²) < 4.78 is 13.2. The Morgan fingerprint density at radius 3 is 2.89 bits per heavy atom. The maximum Gasteiger partial charge on any atom is 0.215 e. The Hall–Kier alpha value is -3.06. The van der Waals surface area contributed by atoms with Crippen molar-refractivity contribution in [2.45, 2.75) is 25.5 Å². The smallest absolute Gasteiger partial charge is 0.215 e. The Labute approximate surface area is 155 Å². The molecule has 0 unspecified atom stereocenters. The first kappa shape index (κ1) is 16.1. The van der Waals surface area contributed by atoms with Gasteiger partial charge < -0.3 is 9.47 Å². The number of fused-ring (bicyclic) bond motifs is 2. The highest BCUT2D eigenvalue weighted by Gasteiger charge is 2.17. The van der Waals surface area contributed by atoms with Crippen molar-refractivity contribution in [1.82, 2.24) is 25.0 Å². The van der Waals surface area contributed by atoms with Crippen molar-refractivity contribution in [2.75, 3.05) is 13.2 Å². The van der Waals surface area contributed by atoms with Gasteiger partial charge in [-0.3, -0.25) is 4.98 Å². The summed E-state index contributed by atoms with van der Waals surface area (Å²) in [6.07, 6.45) is 3.74. The van der Waals surface area contributed by atoms with Crippen molar-refractivity contribution >= 4 is 22.1 Å². The minimum Gasteiger partial charge on any atom is -0.474 e. The van der Waals surface area contributed by atoms with Crippen molar-refractivity contribution in [3.63, 3.8) is 0 Å². The molecule has 27 heavy (non-hydrogen) atoms. The van der Waals surface area contributed by atoms with E-state index in [9.17, 15) is 0 Å². The lowest BCUT2D eigenvalue weighted by molar-refractivity contribution is 0.0238. The third-order valence-electron chi connectivity index (χ3n) is 4.79. The molecule has 1 fully saturated rings. The number of aromatic nitrogens is 5. The van der Waals surface area contributed by atoms with Gasteiger partial charge in [0.25, 0.3) is 0 Å². The normalized spacial score (nSPS) is 15.4. The quantitative estimate of drug-likeness (QED) is 0.556. The minimum atomic E-state index is 0.154. The summed E-state index contributed by atoms with van der Waals surface area (Å²) in [4.78, 5) is 9.01. The predicted octanol–water partition coefficient (Wildman–Crippen LogP) is 2.98. The average molecular weight is 361 g/mol. The highest BCUT2D eigenvalue weighted by atomic mass is 16.5. The fourth-order valence-corrected chi connectivity index (χ4v) is 3.37. The van der Waals surface area contributed by atoms with E-state index in [4.69, 9.17) is 9.47 Å². The molecule has 0 radical (unpaired) electrons. The molecule has 1 saturated heterocycles. The van der Waals surface area contributed by atoms with Gasteiger partial charge in [0.05, 0.1) is 25.3 Å². The molecule has 0 aliphatic carbocycles. The fraction of sp³-hybridized carbons (Fsp3) is 0.300. The summed E-state index contributed by atoms with van der Waals surface area (Å²) in [5.41, 5.74) is 3.59. The van der Waals surface area contributed by atoms with Crippen LogP contribution in [0, 0.1) is 0 Å². The van der Waals surface area contributed by atoms with Crippen LogP contribution in [0.3, 0.4) is 0 Å². The van der Waals surface area contributed by atoms with Crippen LogP contribution in [0.25, 0.3) is 22.1 Å². The molecule has 1 aliphatic heterocycles. The van der Waals surface area contributed by atoms with Crippen LogP contribution in [-0.4, -0.2) is 44.3 Å². The Kier molecular flexibility index (Phi) is 4.14. The van der Waals surface area contributed by atoms with E-state index < -0.39 is 0 Å². The Bertz CT molecular complexity index is 1090. The van der Waals surface area contributed by atoms with Crippen molar-refractivity contribution in [3.8, 4) is 5.88 Å². The van der Waals surface area contributed by atoms with Gasteiger partial charge in [-0.2, -0.15) is 4.98 Å². The topological polar surface area (TPSA) is 75.0 Å². The van der Waals surface area contributed by atoms with Crippen LogP contribution in [0.2, 0.25) is 0 Å². The van der Waals surface area contributed by atoms with Gasteiger partial charge in [-0.15, -0.1) is 5.10 Å². The summed E-state index contributed by atoms with van der Waals surface area (Å²) in [6, 6.07) is 14.0. The second kappa shape index (κ2) is 6.92. The number of hydrogen-bond donors (Lipinski definition) is 0. The van der Waals surface area contributed by atoms with Gasteiger partial charge in [0.2, 0.25) is 5.88 Å². The fourth-order valence-electron chi connectivity index (χ4n) is 3.37. The van der Waals surface area contributed by atoms with Gasteiger partial charge in [-0.25, -0.2) is 4.68 Å². The van der Waals surface area contributed by atoms with Crippen LogP contribution in [0.15, 0.2) is 48.7 Å². The second-order valence-corrected chi connectivity index (χ2v) is 6.70. The maximum absolute atomic E-state index is 6.03. The monoisotopic (exact) mass is 361 g/mol. The van der Waals surface area contributed by atoms with E-state index in [1.165, 1.54) is 0 Å². The molecule has 5 rings (SSSR count). The third kappa shape index (κ3) is 3.33. The summed E-state index contributed by atoms with van der Waals surface area (Å²) in [5.74, 6) is 0.612. The molecule has 136 valence electrons. The molecule has 4 aromatic rings. The van der Waals surface area contributed by atoms with E-state index >= 15 is 0 Å². The van der Waals surface area contributed by atoms with Crippen LogP contribution in [0.4, 0.5) is 0 Å². The summed E-state index contributed by atoms with van der Waals surface area (Å²) >= 11 is 0. The molecular weight excluding hydrogens is 342 g/mol. The van der Waals surface area contributed by atoms with Gasteiger partial charge in [-0.1, -0.05) is 17.3 Å². The van der Waals surface area contributed by atoms with Crippen molar-refractivity contribution in [2.24, 2.45) is 0 Å². The lowest BCUT2D eigenvalue weighted by Gasteiger charge is -2.22. The van der Waals surface area contributed by atoms with E-state index in [0.717, 1.165) is 53.7 Å². The molecule has 7 nitrogen and oxygen atoms in total. The lowest BCUT2D eigenvalue weighted by atomic mass is 10.1. The van der Waals surface area contributed by atoms with Gasteiger partial charge in [0.15, 0.2) is 5.65 Å². The SMILES string of the molecule is c1cnc2ccc(Cn3nnc4ccc(OC5CCOCC5)nc43)cc2c1. The van der Waals surface area contributed by atoms with E-state index in [1.54, 1.807) is 6.20 Å². The average Bonchev–Trinajstić information content (AvgIpc) is 3.11. The molecule has 4 heterocycles. The number of pyridine rings is 2. The molecular formula is C20H19N5O2. The molecule has 7 heteroatoms. The van der Waals surface area contributed by atoms with Crippen LogP contribution in [-0.2, 0) is 11.3 Å². The first-order valence-corrected chi connectivity index (χ1v) is 9.13. The molecule has 3 aromatic heterocycles. The Morgan fingerprint density at radius 2 is 1.96 bits per heavy atom. The standard InChI is InChI=1S/C20H19N5O2/c1-2-15-12-14(3-4-17(15)21-9-1)13-25-20-18(23-24-25)5-6-19(22-20)27-16-7-10-26-11-8-16/h1-6,9,12,16H,7-8,10-11,13H2. The molecule has 1 aliphatic rings. The molecule has 0 bridgehead atoms. The lowest BCUT2D eigenvalue weighted by Crippen LogP contribution is -2.26. The summed E-state index contributed by atoms with van der Waals surface area (Å²) in [6.45, 7) is 2.07. The zero-order chi connectivity index (χ0) is 18.1. The van der Waals surface area contributed by atoms with E-state index in [0.29, 0.717) is 12.4 Å². The number of rotatable bonds is 4. The summed E-state index contributed by atoms with van der Waals surface area (Å²) in [5, 5.41) is 9.61. The molecule has 0 atom stereocenters. The zero-order valence-corrected chi connectivity index (χ0v) is 14.8. The minimum absolute atomic E-state index is 0.154. The van der Waals surface area contributed by atoms with Gasteiger partial charge in [0.1, 0.15) is 11.6 Å². The van der Waals surface area contributed by atoms with Crippen molar-refractivity contribution in [1.29, 1.82) is 0 Å². The number of nitrogens with zero attached hydrogens (tertiary/aromatic N) is 5. The largest absolute Gasteiger partial charge is 0.474 e. The Balaban J connectivity index is 1.42. The van der Waals surface area contributed by atoms with Gasteiger partial charge in [0, 0.05) is 30.5 Å². The number of benzene rings is 1. The molecule has 1 aromatic carbocycles. The first-order valence-electron chi connectivity index (χ1n) is 9.13. The first-order chi connectivity index (χ1) is 13.3. The van der Waals surface area contributed by atoms with Gasteiger partial charge >= 0.3 is 0 Å². The molecule has 0 N–H and O–H groups in total. The van der Waals surface area contributed by atoms with Crippen molar-refractivity contribution < 1.29 is 9.47 Å². The zero-order valence-electron chi connectivity index (χ0n) is 14.8. The number of hydrogen-bond acceptors (Lipinski definition) is 6. The van der Waals surface area contributed by atoms with Crippen LogP contribution in [0.1, 0.15) is 18.4 Å². The van der Waals surface area contributed by atoms with E-state index in [-0.39, 0.29) is 6.10 Å². The van der Waals surface area contributed by atoms with Crippen LogP contribution in [0.5, 0.6) is 5.88 Å². The van der Waals surface area contributed by atoms with Crippen molar-refractivity contribution in [3.05, 3.63) is 54.2 Å². The third-order valence-corrected chi connectivity index (χ3v) is 4.79. The van der Waals surface area contributed by atoms with E-state index in [2.05, 4.69) is 38.5 Å². The molecule has 0 spiro atoms. The van der Waals surface area contributed by atoms with Gasteiger partial charge in [-0.05, 0) is 29.8 Å². The van der Waals surface area contributed by atoms with Crippen LogP contribution >= 0.6 is 0 Å². The number of ether oxygens (including phenoxy) is 2. The summed E-state index contributed by atoms with van der Waals surface area (Å²) in [7, 11) is 0. The second-order valence-electron chi connectivity index (χ2n) is 6.70.